The summed E-state index contributed by atoms with van der Waals surface area (Å²) >= 11 is 0. The van der Waals surface area contributed by atoms with E-state index in [9.17, 15) is 13.2 Å². The molecular formula is C10H17N3O4S. The smallest absolute Gasteiger partial charge is 0.360 e. The standard InChI is InChI=1S/C10H17N3O4S/c1-5-6-18(15,16)12-8-7(2)13(3)11-9(8)10(14)17-4/h12H,5-6H2,1-4H3. The number of aryl methyl sites for hydroxylation is 1. The van der Waals surface area contributed by atoms with Crippen molar-refractivity contribution in [2.24, 2.45) is 7.05 Å². The van der Waals surface area contributed by atoms with Gasteiger partial charge in [-0.3, -0.25) is 9.40 Å². The molecule has 1 rings (SSSR count). The Bertz CT molecular complexity index is 548. The maximum Gasteiger partial charge on any atom is 0.360 e. The predicted molar refractivity (Wildman–Crippen MR) is 67.0 cm³/mol. The number of methoxy groups -OCH3 is 1. The van der Waals surface area contributed by atoms with E-state index >= 15 is 0 Å². The Morgan fingerprint density at radius 3 is 2.61 bits per heavy atom. The minimum atomic E-state index is -3.47. The molecule has 0 fully saturated rings. The Morgan fingerprint density at radius 1 is 1.50 bits per heavy atom. The van der Waals surface area contributed by atoms with Crippen molar-refractivity contribution < 1.29 is 17.9 Å². The number of sulfonamides is 1. The third-order valence-corrected chi connectivity index (χ3v) is 3.90. The summed E-state index contributed by atoms with van der Waals surface area (Å²) in [5.74, 6) is -0.685. The quantitative estimate of drug-likeness (QED) is 0.797. The Kier molecular flexibility index (Phi) is 4.33. The second-order valence-electron chi connectivity index (χ2n) is 3.85. The van der Waals surface area contributed by atoms with Gasteiger partial charge in [-0.15, -0.1) is 0 Å². The van der Waals surface area contributed by atoms with Crippen LogP contribution in [0.2, 0.25) is 0 Å². The van der Waals surface area contributed by atoms with E-state index in [1.165, 1.54) is 11.8 Å². The van der Waals surface area contributed by atoms with Crippen molar-refractivity contribution in [1.82, 2.24) is 9.78 Å². The number of aromatic nitrogens is 2. The van der Waals surface area contributed by atoms with Gasteiger partial charge in [-0.25, -0.2) is 13.2 Å². The fourth-order valence-electron chi connectivity index (χ4n) is 1.45. The number of ether oxygens (including phenoxy) is 1. The van der Waals surface area contributed by atoms with Crippen molar-refractivity contribution in [1.29, 1.82) is 0 Å². The molecule has 0 radical (unpaired) electrons. The van der Waals surface area contributed by atoms with E-state index in [-0.39, 0.29) is 17.1 Å². The van der Waals surface area contributed by atoms with E-state index < -0.39 is 16.0 Å². The van der Waals surface area contributed by atoms with Crippen LogP contribution in [0.25, 0.3) is 0 Å². The van der Waals surface area contributed by atoms with E-state index in [0.29, 0.717) is 12.1 Å². The lowest BCUT2D eigenvalue weighted by atomic mass is 10.3. The van der Waals surface area contributed by atoms with Crippen LogP contribution in [0.5, 0.6) is 0 Å². The lowest BCUT2D eigenvalue weighted by Crippen LogP contribution is -2.18. The van der Waals surface area contributed by atoms with Crippen molar-refractivity contribution in [2.75, 3.05) is 17.6 Å². The maximum absolute atomic E-state index is 11.7. The Balaban J connectivity index is 3.19. The summed E-state index contributed by atoms with van der Waals surface area (Å²) < 4.78 is 31.8. The van der Waals surface area contributed by atoms with Crippen molar-refractivity contribution in [2.45, 2.75) is 20.3 Å². The molecule has 1 aromatic rings. The highest BCUT2D eigenvalue weighted by Crippen LogP contribution is 2.21. The number of carbonyl (C=O) groups excluding carboxylic acids is 1. The Labute approximate surface area is 106 Å². The number of nitrogens with one attached hydrogen (secondary N) is 1. The van der Waals surface area contributed by atoms with Crippen LogP contribution < -0.4 is 4.72 Å². The molecule has 0 saturated carbocycles. The molecular weight excluding hydrogens is 258 g/mol. The molecule has 0 spiro atoms. The fraction of sp³-hybridized carbons (Fsp3) is 0.600. The molecule has 0 bridgehead atoms. The van der Waals surface area contributed by atoms with Crippen LogP contribution in [0, 0.1) is 6.92 Å². The lowest BCUT2D eigenvalue weighted by Gasteiger charge is -2.07. The van der Waals surface area contributed by atoms with E-state index in [0.717, 1.165) is 0 Å². The van der Waals surface area contributed by atoms with Crippen LogP contribution in [0.15, 0.2) is 0 Å². The molecule has 1 heterocycles. The Hall–Kier alpha value is -1.57. The van der Waals surface area contributed by atoms with Crippen molar-refractivity contribution in [3.05, 3.63) is 11.4 Å². The van der Waals surface area contributed by atoms with Crippen molar-refractivity contribution >= 4 is 21.7 Å². The van der Waals surface area contributed by atoms with Crippen LogP contribution in [0.4, 0.5) is 5.69 Å². The molecule has 0 unspecified atom stereocenters. The average Bonchev–Trinajstić information content (AvgIpc) is 2.56. The molecule has 1 aromatic heterocycles. The predicted octanol–water partition coefficient (Wildman–Crippen LogP) is 0.667. The maximum atomic E-state index is 11.7. The second kappa shape index (κ2) is 5.38. The van der Waals surface area contributed by atoms with Gasteiger partial charge in [-0.2, -0.15) is 5.10 Å². The first-order chi connectivity index (χ1) is 8.32. The summed E-state index contributed by atoms with van der Waals surface area (Å²) in [6.45, 7) is 3.43. The summed E-state index contributed by atoms with van der Waals surface area (Å²) in [4.78, 5) is 11.5. The van der Waals surface area contributed by atoms with Crippen molar-refractivity contribution in [3.8, 4) is 0 Å². The zero-order valence-corrected chi connectivity index (χ0v) is 11.7. The first-order valence-corrected chi connectivity index (χ1v) is 7.10. The van der Waals surface area contributed by atoms with Crippen LogP contribution in [-0.4, -0.2) is 37.0 Å². The first kappa shape index (κ1) is 14.5. The summed E-state index contributed by atoms with van der Waals surface area (Å²) in [6, 6.07) is 0. The van der Waals surface area contributed by atoms with Gasteiger partial charge in [0.2, 0.25) is 10.0 Å². The van der Waals surface area contributed by atoms with Gasteiger partial charge in [-0.1, -0.05) is 6.92 Å². The van der Waals surface area contributed by atoms with E-state index in [4.69, 9.17) is 0 Å². The van der Waals surface area contributed by atoms with Crippen LogP contribution in [0.1, 0.15) is 29.5 Å². The molecule has 0 aliphatic carbocycles. The molecule has 0 aliphatic rings. The van der Waals surface area contributed by atoms with Gasteiger partial charge in [0.1, 0.15) is 5.69 Å². The van der Waals surface area contributed by atoms with E-state index in [1.807, 2.05) is 0 Å². The molecule has 102 valence electrons. The lowest BCUT2D eigenvalue weighted by molar-refractivity contribution is 0.0594. The van der Waals surface area contributed by atoms with Gasteiger partial charge in [0.25, 0.3) is 0 Å². The molecule has 18 heavy (non-hydrogen) atoms. The molecule has 7 nitrogen and oxygen atoms in total. The number of rotatable bonds is 5. The minimum Gasteiger partial charge on any atom is -0.464 e. The van der Waals surface area contributed by atoms with E-state index in [2.05, 4.69) is 14.6 Å². The zero-order valence-electron chi connectivity index (χ0n) is 10.8. The molecule has 1 N–H and O–H groups in total. The first-order valence-electron chi connectivity index (χ1n) is 5.44. The van der Waals surface area contributed by atoms with Crippen LogP contribution in [0.3, 0.4) is 0 Å². The van der Waals surface area contributed by atoms with Crippen LogP contribution >= 0.6 is 0 Å². The summed E-state index contributed by atoms with van der Waals surface area (Å²) in [7, 11) is -0.626. The molecule has 0 amide bonds. The van der Waals surface area contributed by atoms with Gasteiger partial charge in [0.05, 0.1) is 18.6 Å². The summed E-state index contributed by atoms with van der Waals surface area (Å²) in [6.07, 6.45) is 0.488. The summed E-state index contributed by atoms with van der Waals surface area (Å²) in [5, 5.41) is 3.94. The minimum absolute atomic E-state index is 0.0120. The van der Waals surface area contributed by atoms with Gasteiger partial charge in [0, 0.05) is 7.05 Å². The monoisotopic (exact) mass is 275 g/mol. The largest absolute Gasteiger partial charge is 0.464 e. The molecule has 8 heteroatoms. The third kappa shape index (κ3) is 3.00. The average molecular weight is 275 g/mol. The number of esters is 1. The van der Waals surface area contributed by atoms with E-state index in [1.54, 1.807) is 20.9 Å². The number of nitrogens with zero attached hydrogens (tertiary/aromatic N) is 2. The van der Waals surface area contributed by atoms with Crippen LogP contribution in [-0.2, 0) is 21.8 Å². The topological polar surface area (TPSA) is 90.3 Å². The normalized spacial score (nSPS) is 11.3. The van der Waals surface area contributed by atoms with Gasteiger partial charge >= 0.3 is 5.97 Å². The fourth-order valence-corrected chi connectivity index (χ4v) is 2.64. The molecule has 0 atom stereocenters. The number of hydrogen-bond donors (Lipinski definition) is 1. The summed E-state index contributed by atoms with van der Waals surface area (Å²) in [5.41, 5.74) is 0.699. The van der Waals surface area contributed by atoms with Gasteiger partial charge in [0.15, 0.2) is 5.69 Å². The molecule has 0 aliphatic heterocycles. The van der Waals surface area contributed by atoms with Gasteiger partial charge in [-0.05, 0) is 13.3 Å². The third-order valence-electron chi connectivity index (χ3n) is 2.44. The highest BCUT2D eigenvalue weighted by Gasteiger charge is 2.23. The zero-order chi connectivity index (χ0) is 13.9. The molecule has 0 aromatic carbocycles. The Morgan fingerprint density at radius 2 is 2.11 bits per heavy atom. The SMILES string of the molecule is CCCS(=O)(=O)Nc1c(C(=O)OC)nn(C)c1C. The number of carbonyl (C=O) groups is 1. The number of anilines is 1. The highest BCUT2D eigenvalue weighted by molar-refractivity contribution is 7.92. The molecule has 0 saturated heterocycles. The van der Waals surface area contributed by atoms with Crippen molar-refractivity contribution in [3.63, 3.8) is 0 Å². The second-order valence-corrected chi connectivity index (χ2v) is 5.69. The number of hydrogen-bond acceptors (Lipinski definition) is 5. The van der Waals surface area contributed by atoms with Gasteiger partial charge < -0.3 is 4.74 Å². The highest BCUT2D eigenvalue weighted by atomic mass is 32.2.